The number of hydrogen-bond acceptors (Lipinski definition) is 3. The Morgan fingerprint density at radius 3 is 2.58 bits per heavy atom. The fourth-order valence-corrected chi connectivity index (χ4v) is 2.95. The van der Waals surface area contributed by atoms with E-state index in [1.165, 1.54) is 5.56 Å². The number of aromatic nitrogens is 1. The highest BCUT2D eigenvalue weighted by molar-refractivity contribution is 5.92. The van der Waals surface area contributed by atoms with E-state index in [0.29, 0.717) is 6.61 Å². The third-order valence-electron chi connectivity index (χ3n) is 4.36. The largest absolute Gasteiger partial charge is 0.497 e. The Balaban J connectivity index is 1.83. The molecule has 3 aromatic rings. The zero-order valence-corrected chi connectivity index (χ0v) is 15.4. The number of esters is 1. The van der Waals surface area contributed by atoms with Crippen molar-refractivity contribution in [1.29, 1.82) is 0 Å². The van der Waals surface area contributed by atoms with Crippen molar-refractivity contribution in [2.45, 2.75) is 20.4 Å². The molecule has 0 spiro atoms. The summed E-state index contributed by atoms with van der Waals surface area (Å²) in [5.41, 5.74) is 4.29. The Morgan fingerprint density at radius 2 is 1.88 bits per heavy atom. The SMILES string of the molecule is CCOC(=O)/C=C(\C)c1ccc2c(ccn2Cc2ccc(OC)cc2)c1. The molecule has 0 saturated carbocycles. The molecule has 1 heterocycles. The van der Waals surface area contributed by atoms with E-state index in [9.17, 15) is 4.79 Å². The van der Waals surface area contributed by atoms with Crippen LogP contribution in [0.2, 0.25) is 0 Å². The van der Waals surface area contributed by atoms with Gasteiger partial charge in [-0.1, -0.05) is 18.2 Å². The Morgan fingerprint density at radius 1 is 1.12 bits per heavy atom. The summed E-state index contributed by atoms with van der Waals surface area (Å²) in [7, 11) is 1.67. The number of fused-ring (bicyclic) bond motifs is 1. The van der Waals surface area contributed by atoms with Gasteiger partial charge in [0.2, 0.25) is 0 Å². The molecule has 26 heavy (non-hydrogen) atoms. The molecule has 0 saturated heterocycles. The maximum atomic E-state index is 11.6. The number of carbonyl (C=O) groups is 1. The molecule has 1 aromatic heterocycles. The van der Waals surface area contributed by atoms with Gasteiger partial charge in [-0.3, -0.25) is 0 Å². The molecule has 0 bridgehead atoms. The number of ether oxygens (including phenoxy) is 2. The van der Waals surface area contributed by atoms with E-state index in [4.69, 9.17) is 9.47 Å². The van der Waals surface area contributed by atoms with Gasteiger partial charge in [-0.2, -0.15) is 0 Å². The molecule has 0 fully saturated rings. The van der Waals surface area contributed by atoms with Gasteiger partial charge in [-0.25, -0.2) is 4.79 Å². The fraction of sp³-hybridized carbons (Fsp3) is 0.227. The second kappa shape index (κ2) is 7.91. The number of carbonyl (C=O) groups excluding carboxylic acids is 1. The lowest BCUT2D eigenvalue weighted by molar-refractivity contribution is -0.137. The van der Waals surface area contributed by atoms with E-state index in [1.54, 1.807) is 20.1 Å². The first-order valence-electron chi connectivity index (χ1n) is 8.68. The van der Waals surface area contributed by atoms with E-state index in [2.05, 4.69) is 41.1 Å². The van der Waals surface area contributed by atoms with Crippen LogP contribution in [0.3, 0.4) is 0 Å². The van der Waals surface area contributed by atoms with E-state index < -0.39 is 0 Å². The molecular formula is C22H23NO3. The van der Waals surface area contributed by atoms with Crippen molar-refractivity contribution in [3.05, 3.63) is 71.9 Å². The number of rotatable bonds is 6. The van der Waals surface area contributed by atoms with Gasteiger partial charge < -0.3 is 14.0 Å². The highest BCUT2D eigenvalue weighted by Gasteiger charge is 2.06. The van der Waals surface area contributed by atoms with Crippen LogP contribution in [0.15, 0.2) is 60.8 Å². The molecule has 3 rings (SSSR count). The lowest BCUT2D eigenvalue weighted by Gasteiger charge is -2.08. The Labute approximate surface area is 153 Å². The van der Waals surface area contributed by atoms with Crippen LogP contribution in [0.1, 0.15) is 25.0 Å². The number of hydrogen-bond donors (Lipinski definition) is 0. The first-order valence-corrected chi connectivity index (χ1v) is 8.68. The van der Waals surface area contributed by atoms with Crippen LogP contribution in [-0.4, -0.2) is 24.3 Å². The van der Waals surface area contributed by atoms with Crippen molar-refractivity contribution in [3.63, 3.8) is 0 Å². The second-order valence-electron chi connectivity index (χ2n) is 6.14. The van der Waals surface area contributed by atoms with Crippen LogP contribution in [0, 0.1) is 0 Å². The van der Waals surface area contributed by atoms with Crippen molar-refractivity contribution in [3.8, 4) is 5.75 Å². The van der Waals surface area contributed by atoms with Crippen LogP contribution in [-0.2, 0) is 16.1 Å². The Kier molecular flexibility index (Phi) is 5.42. The number of allylic oxidation sites excluding steroid dienone is 1. The molecule has 0 aliphatic rings. The molecule has 0 radical (unpaired) electrons. The summed E-state index contributed by atoms with van der Waals surface area (Å²) >= 11 is 0. The van der Waals surface area contributed by atoms with Crippen LogP contribution in [0.5, 0.6) is 5.75 Å². The van der Waals surface area contributed by atoms with Crippen LogP contribution < -0.4 is 4.74 Å². The second-order valence-corrected chi connectivity index (χ2v) is 6.14. The van der Waals surface area contributed by atoms with Crippen molar-refractivity contribution in [2.24, 2.45) is 0 Å². The summed E-state index contributed by atoms with van der Waals surface area (Å²) in [4.78, 5) is 11.6. The summed E-state index contributed by atoms with van der Waals surface area (Å²) in [6, 6.07) is 16.4. The summed E-state index contributed by atoms with van der Waals surface area (Å²) in [6.07, 6.45) is 3.63. The van der Waals surface area contributed by atoms with Crippen LogP contribution >= 0.6 is 0 Å². The molecule has 0 aliphatic carbocycles. The third-order valence-corrected chi connectivity index (χ3v) is 4.36. The summed E-state index contributed by atoms with van der Waals surface area (Å²) in [5, 5.41) is 1.15. The summed E-state index contributed by atoms with van der Waals surface area (Å²) < 4.78 is 12.4. The average Bonchev–Trinajstić information content (AvgIpc) is 3.04. The molecular weight excluding hydrogens is 326 g/mol. The molecule has 0 N–H and O–H groups in total. The van der Waals surface area contributed by atoms with Gasteiger partial charge in [0.25, 0.3) is 0 Å². The lowest BCUT2D eigenvalue weighted by Crippen LogP contribution is -2.00. The minimum Gasteiger partial charge on any atom is -0.497 e. The van der Waals surface area contributed by atoms with Crippen molar-refractivity contribution >= 4 is 22.4 Å². The zero-order valence-electron chi connectivity index (χ0n) is 15.4. The number of methoxy groups -OCH3 is 1. The zero-order chi connectivity index (χ0) is 18.5. The monoisotopic (exact) mass is 349 g/mol. The molecule has 4 nitrogen and oxygen atoms in total. The Bertz CT molecular complexity index is 936. The first-order chi connectivity index (χ1) is 12.6. The molecule has 0 unspecified atom stereocenters. The van der Waals surface area contributed by atoms with Gasteiger partial charge in [0.05, 0.1) is 13.7 Å². The highest BCUT2D eigenvalue weighted by Crippen LogP contribution is 2.23. The smallest absolute Gasteiger partial charge is 0.331 e. The highest BCUT2D eigenvalue weighted by atomic mass is 16.5. The number of nitrogens with zero attached hydrogens (tertiary/aromatic N) is 1. The minimum absolute atomic E-state index is 0.304. The standard InChI is InChI=1S/C22H23NO3/c1-4-26-22(24)13-16(2)18-7-10-21-19(14-18)11-12-23(21)15-17-5-8-20(25-3)9-6-17/h5-14H,4,15H2,1-3H3/b16-13+. The van der Waals surface area contributed by atoms with Gasteiger partial charge in [-0.05, 0) is 60.9 Å². The van der Waals surface area contributed by atoms with Gasteiger partial charge in [-0.15, -0.1) is 0 Å². The lowest BCUT2D eigenvalue weighted by atomic mass is 10.1. The van der Waals surface area contributed by atoms with E-state index in [0.717, 1.165) is 34.3 Å². The maximum Gasteiger partial charge on any atom is 0.331 e. The first kappa shape index (κ1) is 17.8. The van der Waals surface area contributed by atoms with E-state index >= 15 is 0 Å². The predicted molar refractivity (Wildman–Crippen MR) is 104 cm³/mol. The summed E-state index contributed by atoms with van der Waals surface area (Å²) in [5.74, 6) is 0.557. The molecule has 0 atom stereocenters. The molecule has 134 valence electrons. The predicted octanol–water partition coefficient (Wildman–Crippen LogP) is 4.66. The van der Waals surface area contributed by atoms with Crippen molar-refractivity contribution in [1.82, 2.24) is 4.57 Å². The average molecular weight is 349 g/mol. The topological polar surface area (TPSA) is 40.5 Å². The molecule has 2 aromatic carbocycles. The number of benzene rings is 2. The normalized spacial score (nSPS) is 11.6. The molecule has 0 amide bonds. The van der Waals surface area contributed by atoms with Gasteiger partial charge in [0, 0.05) is 29.7 Å². The quantitative estimate of drug-likeness (QED) is 0.480. The fourth-order valence-electron chi connectivity index (χ4n) is 2.95. The molecule has 4 heteroatoms. The van der Waals surface area contributed by atoms with Crippen LogP contribution in [0.25, 0.3) is 16.5 Å². The third kappa shape index (κ3) is 3.97. The van der Waals surface area contributed by atoms with Crippen LogP contribution in [0.4, 0.5) is 0 Å². The Hall–Kier alpha value is -3.01. The summed E-state index contributed by atoms with van der Waals surface area (Å²) in [6.45, 7) is 4.91. The van der Waals surface area contributed by atoms with E-state index in [-0.39, 0.29) is 5.97 Å². The van der Waals surface area contributed by atoms with Crippen molar-refractivity contribution in [2.75, 3.05) is 13.7 Å². The molecule has 0 aliphatic heterocycles. The maximum absolute atomic E-state index is 11.6. The van der Waals surface area contributed by atoms with Gasteiger partial charge in [0.1, 0.15) is 5.75 Å². The van der Waals surface area contributed by atoms with E-state index in [1.807, 2.05) is 25.1 Å². The minimum atomic E-state index is -0.304. The van der Waals surface area contributed by atoms with Crippen molar-refractivity contribution < 1.29 is 14.3 Å². The van der Waals surface area contributed by atoms with Gasteiger partial charge >= 0.3 is 5.97 Å². The van der Waals surface area contributed by atoms with Gasteiger partial charge in [0.15, 0.2) is 0 Å².